The first kappa shape index (κ1) is 16.7. The topological polar surface area (TPSA) is 66.1 Å². The van der Waals surface area contributed by atoms with E-state index in [9.17, 15) is 9.00 Å². The molecule has 1 aliphatic heterocycles. The van der Waals surface area contributed by atoms with E-state index >= 15 is 0 Å². The van der Waals surface area contributed by atoms with Crippen LogP contribution in [-0.4, -0.2) is 44.3 Å². The van der Waals surface area contributed by atoms with Gasteiger partial charge in [0.25, 0.3) is 5.91 Å². The molecule has 132 valence electrons. The van der Waals surface area contributed by atoms with Crippen LogP contribution in [0.15, 0.2) is 59.8 Å². The summed E-state index contributed by atoms with van der Waals surface area (Å²) < 4.78 is 11.5. The molecule has 0 radical (unpaired) electrons. The van der Waals surface area contributed by atoms with E-state index < -0.39 is 10.8 Å². The predicted molar refractivity (Wildman–Crippen MR) is 103 cm³/mol. The molecule has 1 atom stereocenters. The summed E-state index contributed by atoms with van der Waals surface area (Å²) >= 11 is 0. The van der Waals surface area contributed by atoms with Crippen molar-refractivity contribution < 1.29 is 9.00 Å². The minimum atomic E-state index is -1.03. The van der Waals surface area contributed by atoms with Crippen LogP contribution in [0.25, 0.3) is 16.6 Å². The van der Waals surface area contributed by atoms with Crippen LogP contribution < -0.4 is 0 Å². The lowest BCUT2D eigenvalue weighted by Gasteiger charge is -2.26. The lowest BCUT2D eigenvalue weighted by Crippen LogP contribution is -2.34. The van der Waals surface area contributed by atoms with E-state index in [0.29, 0.717) is 18.7 Å². The van der Waals surface area contributed by atoms with Crippen molar-refractivity contribution in [2.75, 3.05) is 19.3 Å². The van der Waals surface area contributed by atoms with E-state index in [-0.39, 0.29) is 5.91 Å². The number of fused-ring (bicyclic) bond motifs is 1. The zero-order valence-corrected chi connectivity index (χ0v) is 15.3. The molecule has 5 nitrogen and oxygen atoms in total. The van der Waals surface area contributed by atoms with Crippen LogP contribution >= 0.6 is 0 Å². The number of aromatic nitrogens is 2. The molecule has 0 aliphatic carbocycles. The highest BCUT2D eigenvalue weighted by Gasteiger charge is 2.20. The van der Waals surface area contributed by atoms with Crippen molar-refractivity contribution in [3.63, 3.8) is 0 Å². The molecular formula is C20H19N3O2S. The maximum Gasteiger partial charge on any atom is 0.254 e. The van der Waals surface area contributed by atoms with E-state index in [4.69, 9.17) is 0 Å². The van der Waals surface area contributed by atoms with Crippen LogP contribution in [-0.2, 0) is 10.8 Å². The average Bonchev–Trinajstić information content (AvgIpc) is 3.12. The minimum absolute atomic E-state index is 0.00864. The van der Waals surface area contributed by atoms with Crippen molar-refractivity contribution in [1.29, 1.82) is 0 Å². The van der Waals surface area contributed by atoms with Gasteiger partial charge in [-0.1, -0.05) is 6.08 Å². The second-order valence-electron chi connectivity index (χ2n) is 6.31. The Morgan fingerprint density at radius 3 is 2.73 bits per heavy atom. The third-order valence-corrected chi connectivity index (χ3v) is 5.66. The Balaban J connectivity index is 1.52. The molecule has 1 N–H and O–H groups in total. The number of benzene rings is 1. The van der Waals surface area contributed by atoms with Gasteiger partial charge in [0.2, 0.25) is 0 Å². The third-order valence-electron chi connectivity index (χ3n) is 4.73. The molecule has 0 saturated heterocycles. The van der Waals surface area contributed by atoms with Gasteiger partial charge in [-0.2, -0.15) is 0 Å². The monoisotopic (exact) mass is 365 g/mol. The number of amides is 1. The first-order valence-corrected chi connectivity index (χ1v) is 10.0. The largest absolute Gasteiger partial charge is 0.346 e. The van der Waals surface area contributed by atoms with Gasteiger partial charge in [-0.25, -0.2) is 4.98 Å². The molecule has 2 aromatic heterocycles. The number of nitrogens with zero attached hydrogens (tertiary/aromatic N) is 2. The van der Waals surface area contributed by atoms with Crippen LogP contribution in [0, 0.1) is 0 Å². The lowest BCUT2D eigenvalue weighted by molar-refractivity contribution is 0.0773. The van der Waals surface area contributed by atoms with Gasteiger partial charge in [0.1, 0.15) is 5.65 Å². The average molecular weight is 365 g/mol. The van der Waals surface area contributed by atoms with Gasteiger partial charge in [0.15, 0.2) is 0 Å². The predicted octanol–water partition coefficient (Wildman–Crippen LogP) is 3.23. The lowest BCUT2D eigenvalue weighted by atomic mass is 9.99. The molecule has 3 heterocycles. The molecule has 1 aliphatic rings. The number of hydrogen-bond donors (Lipinski definition) is 1. The molecule has 0 saturated carbocycles. The number of aromatic amines is 1. The molecule has 0 fully saturated rings. The maximum atomic E-state index is 12.7. The molecular weight excluding hydrogens is 346 g/mol. The minimum Gasteiger partial charge on any atom is -0.346 e. The molecule has 1 unspecified atom stereocenters. The Bertz CT molecular complexity index is 1020. The number of rotatable bonds is 3. The summed E-state index contributed by atoms with van der Waals surface area (Å²) in [4.78, 5) is 22.8. The number of carbonyl (C=O) groups excluding carboxylic acids is 1. The Morgan fingerprint density at radius 2 is 2.04 bits per heavy atom. The fourth-order valence-corrected chi connectivity index (χ4v) is 3.81. The van der Waals surface area contributed by atoms with Crippen LogP contribution in [0.5, 0.6) is 0 Å². The highest BCUT2D eigenvalue weighted by molar-refractivity contribution is 7.84. The van der Waals surface area contributed by atoms with Crippen molar-refractivity contribution in [3.8, 4) is 0 Å². The van der Waals surface area contributed by atoms with E-state index in [1.165, 1.54) is 5.57 Å². The summed E-state index contributed by atoms with van der Waals surface area (Å²) in [6.07, 6.45) is 8.33. The molecule has 1 amide bonds. The molecule has 1 aromatic carbocycles. The van der Waals surface area contributed by atoms with Crippen LogP contribution in [0.2, 0.25) is 0 Å². The summed E-state index contributed by atoms with van der Waals surface area (Å²) in [6, 6.07) is 11.0. The number of carbonyl (C=O) groups is 1. The third kappa shape index (κ3) is 3.08. The standard InChI is InChI=1S/C20H19N3O2S/c1-26(25)16-6-4-15(5-7-16)20(24)23-11-8-14(9-12-23)18-13-22-19-17(18)3-2-10-21-19/h2-8,10,13H,9,11-12H2,1H3,(H,21,22). The zero-order chi connectivity index (χ0) is 18.1. The molecule has 26 heavy (non-hydrogen) atoms. The van der Waals surface area contributed by atoms with Crippen LogP contribution in [0.4, 0.5) is 0 Å². The summed E-state index contributed by atoms with van der Waals surface area (Å²) in [5.74, 6) is 0.00864. The van der Waals surface area contributed by atoms with Gasteiger partial charge in [0, 0.05) is 63.9 Å². The van der Waals surface area contributed by atoms with Crippen molar-refractivity contribution in [3.05, 3.63) is 66.0 Å². The maximum absolute atomic E-state index is 12.7. The number of H-pyrrole nitrogens is 1. The van der Waals surface area contributed by atoms with Crippen molar-refractivity contribution in [2.24, 2.45) is 0 Å². The second kappa shape index (κ2) is 6.88. The van der Waals surface area contributed by atoms with Gasteiger partial charge < -0.3 is 9.88 Å². The molecule has 0 spiro atoms. The van der Waals surface area contributed by atoms with Gasteiger partial charge in [-0.15, -0.1) is 0 Å². The van der Waals surface area contributed by atoms with Crippen molar-refractivity contribution in [1.82, 2.24) is 14.9 Å². The normalized spacial score (nSPS) is 15.7. The second-order valence-corrected chi connectivity index (χ2v) is 7.69. The van der Waals surface area contributed by atoms with Gasteiger partial charge >= 0.3 is 0 Å². The summed E-state index contributed by atoms with van der Waals surface area (Å²) in [7, 11) is -1.03. The summed E-state index contributed by atoms with van der Waals surface area (Å²) in [5, 5.41) is 1.11. The number of hydrogen-bond acceptors (Lipinski definition) is 3. The number of nitrogens with one attached hydrogen (secondary N) is 1. The Morgan fingerprint density at radius 1 is 1.23 bits per heavy atom. The highest BCUT2D eigenvalue weighted by atomic mass is 32.2. The van der Waals surface area contributed by atoms with E-state index in [2.05, 4.69) is 22.1 Å². The smallest absolute Gasteiger partial charge is 0.254 e. The Hall–Kier alpha value is -2.73. The number of pyridine rings is 1. The quantitative estimate of drug-likeness (QED) is 0.775. The SMILES string of the molecule is CS(=O)c1ccc(C(=O)N2CC=C(c3c[nH]c4ncccc34)CC2)cc1. The van der Waals surface area contributed by atoms with E-state index in [1.807, 2.05) is 17.2 Å². The molecule has 6 heteroatoms. The summed E-state index contributed by atoms with van der Waals surface area (Å²) in [5.41, 5.74) is 3.92. The first-order valence-electron chi connectivity index (χ1n) is 8.48. The fourth-order valence-electron chi connectivity index (χ4n) is 3.29. The van der Waals surface area contributed by atoms with Crippen molar-refractivity contribution in [2.45, 2.75) is 11.3 Å². The Labute approximate surface area is 154 Å². The van der Waals surface area contributed by atoms with Gasteiger partial charge in [-0.3, -0.25) is 9.00 Å². The molecule has 3 aromatic rings. The van der Waals surface area contributed by atoms with E-state index in [1.54, 1.807) is 36.7 Å². The molecule has 0 bridgehead atoms. The van der Waals surface area contributed by atoms with Crippen LogP contribution in [0.3, 0.4) is 0 Å². The summed E-state index contributed by atoms with van der Waals surface area (Å²) in [6.45, 7) is 1.27. The van der Waals surface area contributed by atoms with Gasteiger partial charge in [0.05, 0.1) is 0 Å². The molecule has 4 rings (SSSR count). The first-order chi connectivity index (χ1) is 12.6. The van der Waals surface area contributed by atoms with Crippen LogP contribution in [0.1, 0.15) is 22.3 Å². The zero-order valence-electron chi connectivity index (χ0n) is 14.4. The fraction of sp³-hybridized carbons (Fsp3) is 0.200. The van der Waals surface area contributed by atoms with Crippen molar-refractivity contribution >= 4 is 33.3 Å². The Kier molecular flexibility index (Phi) is 4.42. The van der Waals surface area contributed by atoms with E-state index in [0.717, 1.165) is 27.9 Å². The van der Waals surface area contributed by atoms with Gasteiger partial charge in [-0.05, 0) is 48.4 Å². The highest BCUT2D eigenvalue weighted by Crippen LogP contribution is 2.28.